The van der Waals surface area contributed by atoms with Gasteiger partial charge in [-0.2, -0.15) is 0 Å². The molecule has 0 atom stereocenters. The van der Waals surface area contributed by atoms with Crippen LogP contribution in [0.4, 0.5) is 4.39 Å². The van der Waals surface area contributed by atoms with E-state index in [0.29, 0.717) is 25.7 Å². The van der Waals surface area contributed by atoms with Crippen molar-refractivity contribution in [2.24, 2.45) is 0 Å². The molecular formula is C26H29FN6O. The van der Waals surface area contributed by atoms with E-state index in [4.69, 9.17) is 0 Å². The van der Waals surface area contributed by atoms with E-state index in [1.54, 1.807) is 16.8 Å². The molecule has 1 aliphatic carbocycles. The Morgan fingerprint density at radius 2 is 1.85 bits per heavy atom. The van der Waals surface area contributed by atoms with Gasteiger partial charge < -0.3 is 4.98 Å². The fraction of sp³-hybridized carbons (Fsp3) is 0.385. The number of hydrogen-bond acceptors (Lipinski definition) is 5. The van der Waals surface area contributed by atoms with E-state index in [1.165, 1.54) is 25.0 Å². The van der Waals surface area contributed by atoms with Gasteiger partial charge in [-0.05, 0) is 77.4 Å². The molecule has 34 heavy (non-hydrogen) atoms. The largest absolute Gasteiger partial charge is 0.321 e. The van der Waals surface area contributed by atoms with Gasteiger partial charge in [0.1, 0.15) is 5.82 Å². The van der Waals surface area contributed by atoms with Gasteiger partial charge in [0.25, 0.3) is 5.56 Å². The smallest absolute Gasteiger partial charge is 0.252 e. The molecule has 5 rings (SSSR count). The van der Waals surface area contributed by atoms with Crippen molar-refractivity contribution < 1.29 is 4.39 Å². The Morgan fingerprint density at radius 3 is 2.62 bits per heavy atom. The van der Waals surface area contributed by atoms with Gasteiger partial charge in [0, 0.05) is 18.2 Å². The van der Waals surface area contributed by atoms with E-state index in [2.05, 4.69) is 44.5 Å². The monoisotopic (exact) mass is 460 g/mol. The van der Waals surface area contributed by atoms with Crippen LogP contribution in [-0.4, -0.2) is 36.1 Å². The van der Waals surface area contributed by atoms with Crippen LogP contribution in [0.2, 0.25) is 0 Å². The van der Waals surface area contributed by atoms with Crippen LogP contribution in [0.25, 0.3) is 10.9 Å². The van der Waals surface area contributed by atoms with Crippen molar-refractivity contribution in [2.45, 2.75) is 65.2 Å². The molecule has 2 heterocycles. The van der Waals surface area contributed by atoms with Crippen LogP contribution < -0.4 is 5.56 Å². The molecule has 0 spiro atoms. The predicted molar refractivity (Wildman–Crippen MR) is 129 cm³/mol. The number of H-pyrrole nitrogens is 1. The first-order valence-corrected chi connectivity index (χ1v) is 11.8. The molecule has 2 aromatic heterocycles. The van der Waals surface area contributed by atoms with Crippen LogP contribution in [0.5, 0.6) is 0 Å². The summed E-state index contributed by atoms with van der Waals surface area (Å²) < 4.78 is 15.0. The molecule has 0 unspecified atom stereocenters. The molecule has 2 aromatic carbocycles. The van der Waals surface area contributed by atoms with Crippen LogP contribution in [0.1, 0.15) is 53.8 Å². The summed E-state index contributed by atoms with van der Waals surface area (Å²) in [6.07, 6.45) is 4.58. The number of benzene rings is 2. The Kier molecular flexibility index (Phi) is 6.24. The van der Waals surface area contributed by atoms with Gasteiger partial charge in [0.05, 0.1) is 18.6 Å². The van der Waals surface area contributed by atoms with Crippen LogP contribution in [0.3, 0.4) is 0 Å². The zero-order chi connectivity index (χ0) is 23.7. The number of rotatable bonds is 7. The number of aryl methyl sites for hydroxylation is 2. The molecule has 8 heteroatoms. The van der Waals surface area contributed by atoms with Crippen molar-refractivity contribution in [2.75, 3.05) is 0 Å². The Labute approximate surface area is 197 Å². The number of nitrogens with one attached hydrogen (secondary N) is 1. The Balaban J connectivity index is 1.42. The van der Waals surface area contributed by atoms with E-state index in [9.17, 15) is 9.18 Å². The van der Waals surface area contributed by atoms with Crippen LogP contribution in [0, 0.1) is 19.7 Å². The molecule has 1 fully saturated rings. The zero-order valence-corrected chi connectivity index (χ0v) is 19.6. The number of fused-ring (bicyclic) bond motifs is 1. The lowest BCUT2D eigenvalue weighted by Crippen LogP contribution is -2.35. The topological polar surface area (TPSA) is 79.7 Å². The van der Waals surface area contributed by atoms with Gasteiger partial charge in [0.2, 0.25) is 0 Å². The van der Waals surface area contributed by atoms with E-state index in [1.807, 2.05) is 13.0 Å². The van der Waals surface area contributed by atoms with Gasteiger partial charge in [-0.25, -0.2) is 9.07 Å². The highest BCUT2D eigenvalue weighted by molar-refractivity contribution is 5.83. The Morgan fingerprint density at radius 1 is 1.09 bits per heavy atom. The first-order chi connectivity index (χ1) is 16.5. The highest BCUT2D eigenvalue weighted by atomic mass is 19.1. The number of hydrogen-bond donors (Lipinski definition) is 1. The maximum absolute atomic E-state index is 13.3. The third-order valence-electron chi connectivity index (χ3n) is 7.04. The highest BCUT2D eigenvalue weighted by Gasteiger charge is 2.25. The minimum absolute atomic E-state index is 0.0462. The third kappa shape index (κ3) is 4.63. The molecule has 176 valence electrons. The summed E-state index contributed by atoms with van der Waals surface area (Å²) in [5.41, 5.74) is 4.81. The number of pyridine rings is 1. The van der Waals surface area contributed by atoms with Crippen molar-refractivity contribution in [3.63, 3.8) is 0 Å². The van der Waals surface area contributed by atoms with Gasteiger partial charge >= 0.3 is 0 Å². The summed E-state index contributed by atoms with van der Waals surface area (Å²) in [5, 5.41) is 13.4. The van der Waals surface area contributed by atoms with E-state index >= 15 is 0 Å². The minimum atomic E-state index is -0.265. The third-order valence-corrected chi connectivity index (χ3v) is 7.04. The van der Waals surface area contributed by atoms with E-state index in [-0.39, 0.29) is 11.4 Å². The van der Waals surface area contributed by atoms with Gasteiger partial charge in [0.15, 0.2) is 5.82 Å². The molecular weight excluding hydrogens is 431 g/mol. The predicted octanol–water partition coefficient (Wildman–Crippen LogP) is 4.26. The maximum atomic E-state index is 13.3. The second-order valence-corrected chi connectivity index (χ2v) is 9.32. The Bertz CT molecular complexity index is 1350. The second-order valence-electron chi connectivity index (χ2n) is 9.32. The van der Waals surface area contributed by atoms with Gasteiger partial charge in [-0.15, -0.1) is 5.10 Å². The number of tetrazole rings is 1. The van der Waals surface area contributed by atoms with Crippen LogP contribution in [0.15, 0.2) is 47.3 Å². The number of halogens is 1. The second kappa shape index (κ2) is 9.46. The summed E-state index contributed by atoms with van der Waals surface area (Å²) in [4.78, 5) is 18.5. The molecule has 1 saturated carbocycles. The molecule has 4 aromatic rings. The van der Waals surface area contributed by atoms with Crippen molar-refractivity contribution in [1.29, 1.82) is 0 Å². The minimum Gasteiger partial charge on any atom is -0.321 e. The molecule has 1 aliphatic rings. The van der Waals surface area contributed by atoms with Crippen molar-refractivity contribution in [3.05, 3.63) is 86.7 Å². The molecule has 0 aliphatic heterocycles. The summed E-state index contributed by atoms with van der Waals surface area (Å²) in [7, 11) is 0. The average Bonchev–Trinajstić information content (AvgIpc) is 3.51. The molecule has 0 radical (unpaired) electrons. The van der Waals surface area contributed by atoms with Crippen molar-refractivity contribution in [3.8, 4) is 0 Å². The number of aromatic nitrogens is 5. The lowest BCUT2D eigenvalue weighted by atomic mass is 10.0. The maximum Gasteiger partial charge on any atom is 0.252 e. The summed E-state index contributed by atoms with van der Waals surface area (Å²) >= 11 is 0. The molecule has 0 saturated heterocycles. The van der Waals surface area contributed by atoms with E-state index in [0.717, 1.165) is 51.8 Å². The highest BCUT2D eigenvalue weighted by Crippen LogP contribution is 2.27. The van der Waals surface area contributed by atoms with Crippen molar-refractivity contribution >= 4 is 10.9 Å². The van der Waals surface area contributed by atoms with Gasteiger partial charge in [-0.1, -0.05) is 37.1 Å². The fourth-order valence-corrected chi connectivity index (χ4v) is 4.89. The quantitative estimate of drug-likeness (QED) is 0.446. The fourth-order valence-electron chi connectivity index (χ4n) is 4.89. The number of nitrogens with zero attached hydrogens (tertiary/aromatic N) is 5. The average molecular weight is 461 g/mol. The summed E-state index contributed by atoms with van der Waals surface area (Å²) in [6, 6.07) is 12.9. The summed E-state index contributed by atoms with van der Waals surface area (Å²) in [6.45, 7) is 5.64. The van der Waals surface area contributed by atoms with Crippen molar-refractivity contribution in [1.82, 2.24) is 30.1 Å². The van der Waals surface area contributed by atoms with E-state index < -0.39 is 0 Å². The molecule has 7 nitrogen and oxygen atoms in total. The van der Waals surface area contributed by atoms with Gasteiger partial charge in [-0.3, -0.25) is 9.69 Å². The zero-order valence-electron chi connectivity index (χ0n) is 19.6. The van der Waals surface area contributed by atoms with Crippen LogP contribution in [-0.2, 0) is 19.6 Å². The Hall–Kier alpha value is -3.39. The molecule has 0 amide bonds. The normalized spacial score (nSPS) is 14.5. The first-order valence-electron chi connectivity index (χ1n) is 11.8. The lowest BCUT2D eigenvalue weighted by Gasteiger charge is -2.28. The number of aromatic amines is 1. The van der Waals surface area contributed by atoms with Crippen LogP contribution >= 0.6 is 0 Å². The SMILES string of the molecule is Cc1ccc2cc(CN(Cc3nnnn3Cc3ccc(F)cc3)C3CCCC3)c(=O)[nH]c2c1C. The molecule has 1 N–H and O–H groups in total. The lowest BCUT2D eigenvalue weighted by molar-refractivity contribution is 0.172. The molecule has 0 bridgehead atoms. The standard InChI is InChI=1S/C26H29FN6O/c1-17-7-10-20-13-21(26(34)28-25(20)18(17)2)15-32(23-5-3-4-6-23)16-24-29-30-31-33(24)14-19-8-11-22(27)12-9-19/h7-13,23H,3-6,14-16H2,1-2H3,(H,28,34). The first kappa shape index (κ1) is 22.4. The summed E-state index contributed by atoms with van der Waals surface area (Å²) in [5.74, 6) is 0.471.